The zero-order valence-corrected chi connectivity index (χ0v) is 15.1. The van der Waals surface area contributed by atoms with E-state index in [0.29, 0.717) is 31.5 Å². The van der Waals surface area contributed by atoms with E-state index in [2.05, 4.69) is 12.2 Å². The molecule has 1 unspecified atom stereocenters. The van der Waals surface area contributed by atoms with Gasteiger partial charge in [0, 0.05) is 37.8 Å². The molecular weight excluding hydrogens is 314 g/mol. The van der Waals surface area contributed by atoms with Crippen LogP contribution in [0.4, 0.5) is 5.69 Å². The summed E-state index contributed by atoms with van der Waals surface area (Å²) in [4.78, 5) is 29.0. The number of amides is 2. The maximum atomic E-state index is 12.7. The second-order valence-corrected chi connectivity index (χ2v) is 7.41. The van der Waals surface area contributed by atoms with Crippen molar-refractivity contribution in [2.24, 2.45) is 11.8 Å². The van der Waals surface area contributed by atoms with Crippen LogP contribution >= 0.6 is 0 Å². The fraction of sp³-hybridized carbons (Fsp3) is 0.600. The normalized spacial score (nSPS) is 21.9. The summed E-state index contributed by atoms with van der Waals surface area (Å²) >= 11 is 0. The standard InChI is InChI=1S/C20H29N3O2/c1-16-6-5-11-23(15-16)20(25)17-9-12-22(13-10-17)19(24)14-21-18-7-3-2-4-8-18/h2-4,7-8,16-17,21H,5-6,9-15H2,1H3. The van der Waals surface area contributed by atoms with Crippen molar-refractivity contribution < 1.29 is 9.59 Å². The maximum absolute atomic E-state index is 12.7. The van der Waals surface area contributed by atoms with Crippen LogP contribution in [0.25, 0.3) is 0 Å². The van der Waals surface area contributed by atoms with Crippen molar-refractivity contribution in [2.45, 2.75) is 32.6 Å². The average molecular weight is 343 g/mol. The van der Waals surface area contributed by atoms with E-state index in [-0.39, 0.29) is 11.8 Å². The van der Waals surface area contributed by atoms with Crippen molar-refractivity contribution in [3.8, 4) is 0 Å². The van der Waals surface area contributed by atoms with Crippen molar-refractivity contribution in [1.29, 1.82) is 0 Å². The summed E-state index contributed by atoms with van der Waals surface area (Å²) in [5, 5.41) is 3.17. The van der Waals surface area contributed by atoms with Crippen molar-refractivity contribution in [2.75, 3.05) is 38.0 Å². The van der Waals surface area contributed by atoms with E-state index in [9.17, 15) is 9.59 Å². The number of carbonyl (C=O) groups is 2. The first kappa shape index (κ1) is 17.8. The van der Waals surface area contributed by atoms with Gasteiger partial charge in [-0.1, -0.05) is 25.1 Å². The van der Waals surface area contributed by atoms with Gasteiger partial charge in [0.2, 0.25) is 11.8 Å². The number of nitrogens with zero attached hydrogens (tertiary/aromatic N) is 2. The van der Waals surface area contributed by atoms with Crippen LogP contribution in [0.15, 0.2) is 30.3 Å². The molecule has 0 bridgehead atoms. The minimum atomic E-state index is 0.0939. The smallest absolute Gasteiger partial charge is 0.241 e. The molecule has 0 spiro atoms. The predicted molar refractivity (Wildman–Crippen MR) is 99.2 cm³/mol. The molecular formula is C20H29N3O2. The summed E-state index contributed by atoms with van der Waals surface area (Å²) in [6, 6.07) is 9.77. The van der Waals surface area contributed by atoms with Crippen LogP contribution in [0, 0.1) is 11.8 Å². The van der Waals surface area contributed by atoms with Gasteiger partial charge in [0.25, 0.3) is 0 Å². The minimum Gasteiger partial charge on any atom is -0.376 e. The van der Waals surface area contributed by atoms with Gasteiger partial charge >= 0.3 is 0 Å². The van der Waals surface area contributed by atoms with Gasteiger partial charge < -0.3 is 15.1 Å². The van der Waals surface area contributed by atoms with Gasteiger partial charge in [-0.05, 0) is 43.7 Å². The third kappa shape index (κ3) is 4.74. The first-order valence-electron chi connectivity index (χ1n) is 9.49. The Morgan fingerprint density at radius 2 is 1.76 bits per heavy atom. The van der Waals surface area contributed by atoms with E-state index in [1.807, 2.05) is 40.1 Å². The fourth-order valence-corrected chi connectivity index (χ4v) is 3.87. The largest absolute Gasteiger partial charge is 0.376 e. The van der Waals surface area contributed by atoms with Crippen LogP contribution in [0.1, 0.15) is 32.6 Å². The van der Waals surface area contributed by atoms with Gasteiger partial charge in [-0.2, -0.15) is 0 Å². The topological polar surface area (TPSA) is 52.7 Å². The molecule has 3 rings (SSSR count). The Morgan fingerprint density at radius 1 is 1.04 bits per heavy atom. The number of likely N-dealkylation sites (tertiary alicyclic amines) is 2. The lowest BCUT2D eigenvalue weighted by atomic mass is 9.92. The molecule has 1 aromatic rings. The highest BCUT2D eigenvalue weighted by Crippen LogP contribution is 2.23. The van der Waals surface area contributed by atoms with Gasteiger partial charge in [0.1, 0.15) is 0 Å². The van der Waals surface area contributed by atoms with Gasteiger partial charge in [-0.25, -0.2) is 0 Å². The molecule has 0 aliphatic carbocycles. The summed E-state index contributed by atoms with van der Waals surface area (Å²) in [5.74, 6) is 1.13. The molecule has 136 valence electrons. The number of nitrogens with one attached hydrogen (secondary N) is 1. The molecule has 2 aliphatic heterocycles. The van der Waals surface area contributed by atoms with Crippen LogP contribution in [-0.4, -0.2) is 54.3 Å². The molecule has 2 fully saturated rings. The number of rotatable bonds is 4. The lowest BCUT2D eigenvalue weighted by molar-refractivity contribution is -0.141. The van der Waals surface area contributed by atoms with Crippen LogP contribution in [0.2, 0.25) is 0 Å². The monoisotopic (exact) mass is 343 g/mol. The number of hydrogen-bond donors (Lipinski definition) is 1. The van der Waals surface area contributed by atoms with Crippen molar-refractivity contribution >= 4 is 17.5 Å². The predicted octanol–water partition coefficient (Wildman–Crippen LogP) is 2.60. The van der Waals surface area contributed by atoms with E-state index in [1.54, 1.807) is 0 Å². The Kier molecular flexibility index (Phi) is 5.95. The Bertz CT molecular complexity index is 582. The molecule has 1 aromatic carbocycles. The average Bonchev–Trinajstić information content (AvgIpc) is 2.66. The second-order valence-electron chi connectivity index (χ2n) is 7.41. The molecule has 25 heavy (non-hydrogen) atoms. The first-order valence-corrected chi connectivity index (χ1v) is 9.49. The number of para-hydroxylation sites is 1. The highest BCUT2D eigenvalue weighted by Gasteiger charge is 2.31. The molecule has 5 heteroatoms. The molecule has 2 amide bonds. The first-order chi connectivity index (χ1) is 12.1. The number of carbonyl (C=O) groups excluding carboxylic acids is 2. The SMILES string of the molecule is CC1CCCN(C(=O)C2CCN(C(=O)CNc3ccccc3)CC2)C1. The van der Waals surface area contributed by atoms with Crippen molar-refractivity contribution in [3.63, 3.8) is 0 Å². The van der Waals surface area contributed by atoms with E-state index in [4.69, 9.17) is 0 Å². The van der Waals surface area contributed by atoms with Gasteiger partial charge in [-0.3, -0.25) is 9.59 Å². The number of benzene rings is 1. The summed E-state index contributed by atoms with van der Waals surface area (Å²) in [6.07, 6.45) is 3.93. The van der Waals surface area contributed by atoms with Crippen LogP contribution in [-0.2, 0) is 9.59 Å². The summed E-state index contributed by atoms with van der Waals surface area (Å²) < 4.78 is 0. The Hall–Kier alpha value is -2.04. The van der Waals surface area contributed by atoms with E-state index in [1.165, 1.54) is 6.42 Å². The van der Waals surface area contributed by atoms with Gasteiger partial charge in [0.05, 0.1) is 6.54 Å². The van der Waals surface area contributed by atoms with Crippen LogP contribution < -0.4 is 5.32 Å². The van der Waals surface area contributed by atoms with Crippen LogP contribution in [0.3, 0.4) is 0 Å². The third-order valence-corrected chi connectivity index (χ3v) is 5.38. The molecule has 2 heterocycles. The zero-order chi connectivity index (χ0) is 17.6. The van der Waals surface area contributed by atoms with Gasteiger partial charge in [0.15, 0.2) is 0 Å². The highest BCUT2D eigenvalue weighted by molar-refractivity contribution is 5.82. The third-order valence-electron chi connectivity index (χ3n) is 5.38. The number of anilines is 1. The Balaban J connectivity index is 1.43. The van der Waals surface area contributed by atoms with Crippen molar-refractivity contribution in [1.82, 2.24) is 9.80 Å². The quantitative estimate of drug-likeness (QED) is 0.914. The van der Waals surface area contributed by atoms with E-state index >= 15 is 0 Å². The zero-order valence-electron chi connectivity index (χ0n) is 15.1. The Labute approximate surface area is 150 Å². The molecule has 2 aliphatic rings. The van der Waals surface area contributed by atoms with Crippen LogP contribution in [0.5, 0.6) is 0 Å². The molecule has 1 atom stereocenters. The van der Waals surface area contributed by atoms with E-state index in [0.717, 1.165) is 38.0 Å². The fourth-order valence-electron chi connectivity index (χ4n) is 3.87. The molecule has 0 radical (unpaired) electrons. The Morgan fingerprint density at radius 3 is 2.44 bits per heavy atom. The summed E-state index contributed by atoms with van der Waals surface area (Å²) in [5.41, 5.74) is 0.958. The lowest BCUT2D eigenvalue weighted by Crippen LogP contribution is -2.47. The van der Waals surface area contributed by atoms with E-state index < -0.39 is 0 Å². The second kappa shape index (κ2) is 8.37. The summed E-state index contributed by atoms with van der Waals surface area (Å²) in [6.45, 7) is 5.72. The number of piperidine rings is 2. The minimum absolute atomic E-state index is 0.0939. The lowest BCUT2D eigenvalue weighted by Gasteiger charge is -2.37. The molecule has 0 aromatic heterocycles. The molecule has 2 saturated heterocycles. The van der Waals surface area contributed by atoms with Gasteiger partial charge in [-0.15, -0.1) is 0 Å². The maximum Gasteiger partial charge on any atom is 0.241 e. The molecule has 0 saturated carbocycles. The highest BCUT2D eigenvalue weighted by atomic mass is 16.2. The molecule has 1 N–H and O–H groups in total. The van der Waals surface area contributed by atoms with Crippen molar-refractivity contribution in [3.05, 3.63) is 30.3 Å². The summed E-state index contributed by atoms with van der Waals surface area (Å²) in [7, 11) is 0. The number of hydrogen-bond acceptors (Lipinski definition) is 3. The molecule has 5 nitrogen and oxygen atoms in total.